The second-order valence-electron chi connectivity index (χ2n) is 6.04. The Morgan fingerprint density at radius 1 is 1.14 bits per heavy atom. The summed E-state index contributed by atoms with van der Waals surface area (Å²) in [5.74, 6) is 0.736. The van der Waals surface area contributed by atoms with Crippen LogP contribution >= 0.6 is 0 Å². The second kappa shape index (κ2) is 11.8. The Morgan fingerprint density at radius 2 is 1.95 bits per heavy atom. The number of ether oxygens (including phenoxy) is 1. The first-order valence-corrected chi connectivity index (χ1v) is 8.52. The molecule has 1 N–H and O–H groups in total. The quantitative estimate of drug-likeness (QED) is 0.578. The van der Waals surface area contributed by atoms with Crippen molar-refractivity contribution in [2.75, 3.05) is 26.8 Å². The molecule has 21 heavy (non-hydrogen) atoms. The van der Waals surface area contributed by atoms with Gasteiger partial charge in [0.15, 0.2) is 0 Å². The minimum atomic E-state index is 0.736. The largest absolute Gasteiger partial charge is 0.383 e. The maximum atomic E-state index is 5.11. The van der Waals surface area contributed by atoms with Crippen molar-refractivity contribution >= 4 is 0 Å². The van der Waals surface area contributed by atoms with Crippen molar-refractivity contribution in [3.63, 3.8) is 0 Å². The molecule has 0 fully saturated rings. The summed E-state index contributed by atoms with van der Waals surface area (Å²) in [5, 5.41) is 3.54. The van der Waals surface area contributed by atoms with E-state index in [0.717, 1.165) is 25.6 Å². The maximum absolute atomic E-state index is 5.11. The van der Waals surface area contributed by atoms with E-state index in [2.05, 4.69) is 43.4 Å². The number of rotatable bonds is 12. The fourth-order valence-electron chi connectivity index (χ4n) is 2.77. The number of methoxy groups -OCH3 is 1. The van der Waals surface area contributed by atoms with Gasteiger partial charge in [-0.15, -0.1) is 0 Å². The first-order chi connectivity index (χ1) is 10.3. The molecule has 1 atom stereocenters. The van der Waals surface area contributed by atoms with Crippen LogP contribution in [0.15, 0.2) is 24.3 Å². The highest BCUT2D eigenvalue weighted by Crippen LogP contribution is 2.18. The van der Waals surface area contributed by atoms with Crippen LogP contribution in [0.4, 0.5) is 0 Å². The van der Waals surface area contributed by atoms with Crippen LogP contribution in [0.25, 0.3) is 0 Å². The van der Waals surface area contributed by atoms with Gasteiger partial charge < -0.3 is 10.1 Å². The molecule has 0 bridgehead atoms. The molecule has 0 amide bonds. The molecule has 2 heteroatoms. The van der Waals surface area contributed by atoms with Crippen molar-refractivity contribution in [2.45, 2.75) is 52.4 Å². The third-order valence-corrected chi connectivity index (χ3v) is 4.15. The standard InChI is InChI=1S/C19H33NO/c1-4-5-6-7-11-18(16-20-13-14-21-3)15-19-12-9-8-10-17(19)2/h8-10,12,18,20H,4-7,11,13-16H2,1-3H3. The molecule has 1 unspecified atom stereocenters. The Balaban J connectivity index is 2.44. The summed E-state index contributed by atoms with van der Waals surface area (Å²) >= 11 is 0. The lowest BCUT2D eigenvalue weighted by molar-refractivity contribution is 0.197. The van der Waals surface area contributed by atoms with Crippen molar-refractivity contribution in [1.29, 1.82) is 0 Å². The van der Waals surface area contributed by atoms with Crippen LogP contribution in [-0.4, -0.2) is 26.8 Å². The Labute approximate surface area is 131 Å². The first-order valence-electron chi connectivity index (χ1n) is 8.52. The SMILES string of the molecule is CCCCCCC(CNCCOC)Cc1ccccc1C. The molecular formula is C19H33NO. The Hall–Kier alpha value is -0.860. The van der Waals surface area contributed by atoms with E-state index in [1.54, 1.807) is 7.11 Å². The number of nitrogens with one attached hydrogen (secondary N) is 1. The lowest BCUT2D eigenvalue weighted by atomic mass is 9.91. The number of benzene rings is 1. The molecule has 0 spiro atoms. The van der Waals surface area contributed by atoms with E-state index in [9.17, 15) is 0 Å². The van der Waals surface area contributed by atoms with Gasteiger partial charge in [0, 0.05) is 13.7 Å². The van der Waals surface area contributed by atoms with Gasteiger partial charge in [0.05, 0.1) is 6.61 Å². The van der Waals surface area contributed by atoms with Gasteiger partial charge in [-0.25, -0.2) is 0 Å². The molecule has 120 valence electrons. The van der Waals surface area contributed by atoms with E-state index in [1.165, 1.54) is 49.7 Å². The zero-order valence-corrected chi connectivity index (χ0v) is 14.2. The first kappa shape index (κ1) is 18.2. The average Bonchev–Trinajstić information content (AvgIpc) is 2.50. The molecule has 0 aromatic heterocycles. The van der Waals surface area contributed by atoms with Crippen LogP contribution in [0, 0.1) is 12.8 Å². The van der Waals surface area contributed by atoms with Gasteiger partial charge in [-0.05, 0) is 43.4 Å². The highest BCUT2D eigenvalue weighted by atomic mass is 16.5. The maximum Gasteiger partial charge on any atom is 0.0587 e. The molecule has 0 radical (unpaired) electrons. The van der Waals surface area contributed by atoms with Crippen LogP contribution in [0.5, 0.6) is 0 Å². The summed E-state index contributed by atoms with van der Waals surface area (Å²) in [6.45, 7) is 7.35. The van der Waals surface area contributed by atoms with Crippen LogP contribution in [-0.2, 0) is 11.2 Å². The van der Waals surface area contributed by atoms with Crippen LogP contribution < -0.4 is 5.32 Å². The van der Waals surface area contributed by atoms with Crippen molar-refractivity contribution in [3.05, 3.63) is 35.4 Å². The Bertz CT molecular complexity index is 352. The monoisotopic (exact) mass is 291 g/mol. The van der Waals surface area contributed by atoms with Crippen molar-refractivity contribution in [2.24, 2.45) is 5.92 Å². The zero-order chi connectivity index (χ0) is 15.3. The third-order valence-electron chi connectivity index (χ3n) is 4.15. The summed E-state index contributed by atoms with van der Waals surface area (Å²) in [5.41, 5.74) is 2.93. The van der Waals surface area contributed by atoms with Gasteiger partial charge in [0.25, 0.3) is 0 Å². The van der Waals surface area contributed by atoms with Crippen molar-refractivity contribution in [3.8, 4) is 0 Å². The van der Waals surface area contributed by atoms with Crippen molar-refractivity contribution < 1.29 is 4.74 Å². The van der Waals surface area contributed by atoms with Gasteiger partial charge >= 0.3 is 0 Å². The van der Waals surface area contributed by atoms with Crippen molar-refractivity contribution in [1.82, 2.24) is 5.32 Å². The minimum Gasteiger partial charge on any atom is -0.383 e. The predicted octanol–water partition coefficient (Wildman–Crippen LogP) is 4.36. The summed E-state index contributed by atoms with van der Waals surface area (Å²) in [6, 6.07) is 8.80. The number of hydrogen-bond acceptors (Lipinski definition) is 2. The Kier molecular flexibility index (Phi) is 10.2. The molecule has 2 nitrogen and oxygen atoms in total. The highest BCUT2D eigenvalue weighted by Gasteiger charge is 2.10. The van der Waals surface area contributed by atoms with Gasteiger partial charge in [-0.3, -0.25) is 0 Å². The van der Waals surface area contributed by atoms with Gasteiger partial charge in [-0.1, -0.05) is 56.9 Å². The number of unbranched alkanes of at least 4 members (excludes halogenated alkanes) is 3. The minimum absolute atomic E-state index is 0.736. The smallest absolute Gasteiger partial charge is 0.0587 e. The summed E-state index contributed by atoms with van der Waals surface area (Å²) in [6.07, 6.45) is 7.94. The summed E-state index contributed by atoms with van der Waals surface area (Å²) < 4.78 is 5.11. The van der Waals surface area contributed by atoms with E-state index in [-0.39, 0.29) is 0 Å². The molecule has 1 aromatic rings. The predicted molar refractivity (Wildman–Crippen MR) is 91.9 cm³/mol. The van der Waals surface area contributed by atoms with E-state index >= 15 is 0 Å². The lowest BCUT2D eigenvalue weighted by Crippen LogP contribution is -2.27. The topological polar surface area (TPSA) is 21.3 Å². The average molecular weight is 291 g/mol. The van der Waals surface area contributed by atoms with E-state index in [0.29, 0.717) is 0 Å². The second-order valence-corrected chi connectivity index (χ2v) is 6.04. The fraction of sp³-hybridized carbons (Fsp3) is 0.684. The lowest BCUT2D eigenvalue weighted by Gasteiger charge is -2.19. The number of aryl methyl sites for hydroxylation is 1. The number of hydrogen-bond donors (Lipinski definition) is 1. The molecule has 0 aliphatic heterocycles. The molecule has 0 aliphatic carbocycles. The van der Waals surface area contributed by atoms with E-state index in [1.807, 2.05) is 0 Å². The molecular weight excluding hydrogens is 258 g/mol. The summed E-state index contributed by atoms with van der Waals surface area (Å²) in [4.78, 5) is 0. The van der Waals surface area contributed by atoms with Crippen LogP contribution in [0.1, 0.15) is 50.2 Å². The normalized spacial score (nSPS) is 12.5. The van der Waals surface area contributed by atoms with Crippen LogP contribution in [0.2, 0.25) is 0 Å². The van der Waals surface area contributed by atoms with E-state index in [4.69, 9.17) is 4.74 Å². The summed E-state index contributed by atoms with van der Waals surface area (Å²) in [7, 11) is 1.76. The molecule has 0 aliphatic rings. The Morgan fingerprint density at radius 3 is 2.67 bits per heavy atom. The molecule has 0 saturated carbocycles. The molecule has 0 heterocycles. The van der Waals surface area contributed by atoms with Gasteiger partial charge in [0.1, 0.15) is 0 Å². The highest BCUT2D eigenvalue weighted by molar-refractivity contribution is 5.25. The molecule has 1 rings (SSSR count). The third kappa shape index (κ3) is 8.23. The van der Waals surface area contributed by atoms with Gasteiger partial charge in [-0.2, -0.15) is 0 Å². The van der Waals surface area contributed by atoms with E-state index < -0.39 is 0 Å². The van der Waals surface area contributed by atoms with Crippen LogP contribution in [0.3, 0.4) is 0 Å². The fourth-order valence-corrected chi connectivity index (χ4v) is 2.77. The zero-order valence-electron chi connectivity index (χ0n) is 14.2. The molecule has 0 saturated heterocycles. The molecule has 1 aromatic carbocycles. The van der Waals surface area contributed by atoms with Gasteiger partial charge in [0.2, 0.25) is 0 Å².